The lowest BCUT2D eigenvalue weighted by molar-refractivity contribution is -0.120. The first-order valence-electron chi connectivity index (χ1n) is 10.0. The Hall–Kier alpha value is -2.17. The van der Waals surface area contributed by atoms with E-state index in [9.17, 15) is 19.5 Å². The molecule has 2 heterocycles. The Morgan fingerprint density at radius 3 is 2.55 bits per heavy atom. The zero-order valence-electron chi connectivity index (χ0n) is 17.5. The summed E-state index contributed by atoms with van der Waals surface area (Å²) in [6.07, 6.45) is 1.65. The van der Waals surface area contributed by atoms with Crippen LogP contribution >= 0.6 is 0 Å². The first kappa shape index (κ1) is 23.1. The topological polar surface area (TPSA) is 134 Å². The van der Waals surface area contributed by atoms with Crippen molar-refractivity contribution in [2.24, 2.45) is 11.8 Å². The van der Waals surface area contributed by atoms with E-state index < -0.39 is 11.2 Å². The number of carbonyl (C=O) groups excluding carboxylic acids is 1. The number of carbonyl (C=O) groups is 1. The van der Waals surface area contributed by atoms with Crippen LogP contribution in [0.2, 0.25) is 0 Å². The number of piperidine rings is 1. The van der Waals surface area contributed by atoms with Crippen molar-refractivity contribution < 1.29 is 14.6 Å². The van der Waals surface area contributed by atoms with Gasteiger partial charge in [0.2, 0.25) is 5.91 Å². The minimum Gasteiger partial charge on any atom is -0.396 e. The third-order valence-corrected chi connectivity index (χ3v) is 5.18. The number of methoxy groups -OCH3 is 1. The highest BCUT2D eigenvalue weighted by atomic mass is 16.5. The Balaban J connectivity index is 2.31. The van der Waals surface area contributed by atoms with Crippen LogP contribution in [0.3, 0.4) is 0 Å². The number of aromatic nitrogens is 2. The molecule has 0 aliphatic carbocycles. The number of nitrogens with zero attached hydrogens (tertiary/aromatic N) is 3. The van der Waals surface area contributed by atoms with Crippen LogP contribution < -0.4 is 21.9 Å². The maximum Gasteiger partial charge on any atom is 0.330 e. The predicted octanol–water partition coefficient (Wildman–Crippen LogP) is -0.541. The van der Waals surface area contributed by atoms with Gasteiger partial charge in [-0.1, -0.05) is 13.8 Å². The SMILES string of the molecule is COCCN(C(=O)CN1CCC(CO)CC1)c1c(N)n(CC(C)C)c(=O)[nH]c1=O. The number of aliphatic hydroxyl groups excluding tert-OH is 1. The molecular formula is C19H33N5O5. The second kappa shape index (κ2) is 10.6. The summed E-state index contributed by atoms with van der Waals surface area (Å²) >= 11 is 0. The number of likely N-dealkylation sites (tertiary alicyclic amines) is 1. The summed E-state index contributed by atoms with van der Waals surface area (Å²) in [5, 5.41) is 9.28. The molecule has 0 atom stereocenters. The summed E-state index contributed by atoms with van der Waals surface area (Å²) < 4.78 is 6.40. The monoisotopic (exact) mass is 411 g/mol. The van der Waals surface area contributed by atoms with Crippen molar-refractivity contribution in [3.8, 4) is 0 Å². The second-order valence-electron chi connectivity index (χ2n) is 7.94. The minimum absolute atomic E-state index is 0.0162. The van der Waals surface area contributed by atoms with Crippen LogP contribution in [-0.4, -0.2) is 72.0 Å². The number of anilines is 2. The van der Waals surface area contributed by atoms with E-state index in [-0.39, 0.29) is 55.6 Å². The summed E-state index contributed by atoms with van der Waals surface area (Å²) in [7, 11) is 1.51. The van der Waals surface area contributed by atoms with Gasteiger partial charge in [0.25, 0.3) is 5.56 Å². The van der Waals surface area contributed by atoms with E-state index in [4.69, 9.17) is 10.5 Å². The number of aromatic amines is 1. The third-order valence-electron chi connectivity index (χ3n) is 5.18. The standard InChI is InChI=1S/C19H33N5O5/c1-13(2)10-24-17(20)16(18(27)21-19(24)28)23(8-9-29-3)15(26)11-22-6-4-14(12-25)5-7-22/h13-14,25H,4-12,20H2,1-3H3,(H,21,27,28). The van der Waals surface area contributed by atoms with Crippen LogP contribution in [0.5, 0.6) is 0 Å². The molecule has 0 saturated carbocycles. The van der Waals surface area contributed by atoms with E-state index in [2.05, 4.69) is 4.98 Å². The molecule has 10 nitrogen and oxygen atoms in total. The lowest BCUT2D eigenvalue weighted by atomic mass is 9.98. The number of hydrogen-bond donors (Lipinski definition) is 3. The van der Waals surface area contributed by atoms with Gasteiger partial charge in [0.15, 0.2) is 5.69 Å². The highest BCUT2D eigenvalue weighted by molar-refractivity contribution is 5.96. The zero-order chi connectivity index (χ0) is 21.6. The number of nitrogen functional groups attached to an aromatic ring is 1. The average Bonchev–Trinajstić information content (AvgIpc) is 2.67. The lowest BCUT2D eigenvalue weighted by Crippen LogP contribution is -2.48. The normalized spacial score (nSPS) is 15.8. The third kappa shape index (κ3) is 5.91. The number of rotatable bonds is 9. The molecule has 0 aromatic carbocycles. The fourth-order valence-corrected chi connectivity index (χ4v) is 3.53. The number of aliphatic hydroxyl groups is 1. The van der Waals surface area contributed by atoms with Gasteiger partial charge in [0, 0.05) is 26.8 Å². The summed E-state index contributed by atoms with van der Waals surface area (Å²) in [5.74, 6) is 0.0982. The summed E-state index contributed by atoms with van der Waals surface area (Å²) in [5.41, 5.74) is 4.89. The van der Waals surface area contributed by atoms with Crippen molar-refractivity contribution in [2.45, 2.75) is 33.2 Å². The molecule has 1 saturated heterocycles. The Kier molecular flexibility index (Phi) is 8.42. The van der Waals surface area contributed by atoms with Crippen molar-refractivity contribution in [3.05, 3.63) is 20.8 Å². The molecule has 0 spiro atoms. The summed E-state index contributed by atoms with van der Waals surface area (Å²) in [4.78, 5) is 43.4. The van der Waals surface area contributed by atoms with Gasteiger partial charge in [0.05, 0.1) is 13.2 Å². The first-order chi connectivity index (χ1) is 13.8. The van der Waals surface area contributed by atoms with Crippen molar-refractivity contribution in [1.82, 2.24) is 14.5 Å². The number of amides is 1. The smallest absolute Gasteiger partial charge is 0.330 e. The quantitative estimate of drug-likeness (QED) is 0.497. The van der Waals surface area contributed by atoms with Crippen LogP contribution in [0.4, 0.5) is 11.5 Å². The first-order valence-corrected chi connectivity index (χ1v) is 10.0. The molecule has 1 aromatic heterocycles. The van der Waals surface area contributed by atoms with Crippen molar-refractivity contribution in [1.29, 1.82) is 0 Å². The molecule has 10 heteroatoms. The van der Waals surface area contributed by atoms with Gasteiger partial charge >= 0.3 is 5.69 Å². The Morgan fingerprint density at radius 2 is 2.00 bits per heavy atom. The maximum atomic E-state index is 13.1. The van der Waals surface area contributed by atoms with E-state index in [1.807, 2.05) is 18.7 Å². The van der Waals surface area contributed by atoms with E-state index in [1.54, 1.807) is 0 Å². The molecule has 4 N–H and O–H groups in total. The zero-order valence-corrected chi connectivity index (χ0v) is 17.5. The Morgan fingerprint density at radius 1 is 1.34 bits per heavy atom. The van der Waals surface area contributed by atoms with Gasteiger partial charge in [-0.15, -0.1) is 0 Å². The van der Waals surface area contributed by atoms with Gasteiger partial charge in [-0.2, -0.15) is 0 Å². The molecular weight excluding hydrogens is 378 g/mol. The molecule has 0 unspecified atom stereocenters. The van der Waals surface area contributed by atoms with E-state index in [0.717, 1.165) is 12.8 Å². The van der Waals surface area contributed by atoms with Gasteiger partial charge in [-0.25, -0.2) is 4.79 Å². The largest absolute Gasteiger partial charge is 0.396 e. The van der Waals surface area contributed by atoms with Crippen LogP contribution in [-0.2, 0) is 16.1 Å². The summed E-state index contributed by atoms with van der Waals surface area (Å²) in [6, 6.07) is 0. The van der Waals surface area contributed by atoms with Gasteiger partial charge in [-0.3, -0.25) is 24.0 Å². The molecule has 29 heavy (non-hydrogen) atoms. The summed E-state index contributed by atoms with van der Waals surface area (Å²) in [6.45, 7) is 6.25. The number of nitrogens with one attached hydrogen (secondary N) is 1. The Labute approximate surface area is 170 Å². The molecule has 1 fully saturated rings. The van der Waals surface area contributed by atoms with Crippen LogP contribution in [0.25, 0.3) is 0 Å². The fourth-order valence-electron chi connectivity index (χ4n) is 3.53. The molecule has 1 aliphatic rings. The van der Waals surface area contributed by atoms with Crippen LogP contribution in [0, 0.1) is 11.8 Å². The van der Waals surface area contributed by atoms with Crippen molar-refractivity contribution in [2.75, 3.05) is 57.1 Å². The highest BCUT2D eigenvalue weighted by Crippen LogP contribution is 2.20. The number of ether oxygens (including phenoxy) is 1. The van der Waals surface area contributed by atoms with Crippen LogP contribution in [0.15, 0.2) is 9.59 Å². The van der Waals surface area contributed by atoms with E-state index >= 15 is 0 Å². The Bertz CT molecular complexity index is 795. The molecule has 1 amide bonds. The molecule has 0 radical (unpaired) electrons. The minimum atomic E-state index is -0.684. The molecule has 2 rings (SSSR count). The van der Waals surface area contributed by atoms with Crippen molar-refractivity contribution >= 4 is 17.4 Å². The number of H-pyrrole nitrogens is 1. The number of nitrogens with two attached hydrogens (primary N) is 1. The lowest BCUT2D eigenvalue weighted by Gasteiger charge is -2.32. The predicted molar refractivity (Wildman–Crippen MR) is 111 cm³/mol. The van der Waals surface area contributed by atoms with Crippen molar-refractivity contribution in [3.63, 3.8) is 0 Å². The van der Waals surface area contributed by atoms with Gasteiger partial charge < -0.3 is 20.5 Å². The molecule has 1 aromatic rings. The fraction of sp³-hybridized carbons (Fsp3) is 0.737. The molecule has 164 valence electrons. The maximum absolute atomic E-state index is 13.1. The van der Waals surface area contributed by atoms with E-state index in [1.165, 1.54) is 16.6 Å². The molecule has 0 bridgehead atoms. The van der Waals surface area contributed by atoms with Gasteiger partial charge in [-0.05, 0) is 37.8 Å². The average molecular weight is 412 g/mol. The second-order valence-corrected chi connectivity index (χ2v) is 7.94. The van der Waals surface area contributed by atoms with Gasteiger partial charge in [0.1, 0.15) is 5.82 Å². The van der Waals surface area contributed by atoms with Crippen LogP contribution in [0.1, 0.15) is 26.7 Å². The number of hydrogen-bond acceptors (Lipinski definition) is 7. The van der Waals surface area contributed by atoms with E-state index in [0.29, 0.717) is 19.6 Å². The highest BCUT2D eigenvalue weighted by Gasteiger charge is 2.27. The molecule has 1 aliphatic heterocycles.